The number of halogens is 2. The van der Waals surface area contributed by atoms with Gasteiger partial charge in [-0.25, -0.2) is 18.7 Å². The van der Waals surface area contributed by atoms with Crippen molar-refractivity contribution in [2.24, 2.45) is 0 Å². The lowest BCUT2D eigenvalue weighted by molar-refractivity contribution is 0.174. The van der Waals surface area contributed by atoms with Crippen LogP contribution in [0.3, 0.4) is 0 Å². The van der Waals surface area contributed by atoms with Gasteiger partial charge in [-0.1, -0.05) is 12.1 Å². The number of nitrogens with zero attached hydrogens (tertiary/aromatic N) is 3. The second-order valence-corrected chi connectivity index (χ2v) is 7.27. The Morgan fingerprint density at radius 2 is 1.89 bits per heavy atom. The van der Waals surface area contributed by atoms with Crippen molar-refractivity contribution in [1.82, 2.24) is 9.97 Å². The molecule has 2 aromatic carbocycles. The molecule has 3 heterocycles. The molecule has 28 heavy (non-hydrogen) atoms. The van der Waals surface area contributed by atoms with Crippen LogP contribution in [0.5, 0.6) is 11.5 Å². The van der Waals surface area contributed by atoms with E-state index in [1.165, 1.54) is 23.7 Å². The van der Waals surface area contributed by atoms with Crippen molar-refractivity contribution >= 4 is 33.1 Å². The third-order valence-corrected chi connectivity index (χ3v) is 5.72. The van der Waals surface area contributed by atoms with E-state index in [1.807, 2.05) is 30.1 Å². The van der Waals surface area contributed by atoms with E-state index in [1.54, 1.807) is 12.1 Å². The van der Waals surface area contributed by atoms with Gasteiger partial charge in [-0.2, -0.15) is 0 Å². The average Bonchev–Trinajstić information content (AvgIpc) is 3.35. The fourth-order valence-corrected chi connectivity index (χ4v) is 4.28. The predicted octanol–water partition coefficient (Wildman–Crippen LogP) is 5.13. The molecule has 4 aromatic rings. The summed E-state index contributed by atoms with van der Waals surface area (Å²) in [6.45, 7) is 0.202. The molecule has 0 radical (unpaired) electrons. The Balaban J connectivity index is 1.60. The fourth-order valence-electron chi connectivity index (χ4n) is 3.12. The highest BCUT2D eigenvalue weighted by Crippen LogP contribution is 2.41. The Hall–Kier alpha value is -3.26. The first-order chi connectivity index (χ1) is 13.6. The van der Waals surface area contributed by atoms with Crippen LogP contribution in [0, 0.1) is 11.6 Å². The minimum Gasteiger partial charge on any atom is -0.454 e. The van der Waals surface area contributed by atoms with E-state index in [-0.39, 0.29) is 12.4 Å². The van der Waals surface area contributed by atoms with Gasteiger partial charge in [0.05, 0.1) is 10.2 Å². The van der Waals surface area contributed by atoms with E-state index in [4.69, 9.17) is 9.47 Å². The zero-order chi connectivity index (χ0) is 19.3. The van der Waals surface area contributed by atoms with Gasteiger partial charge >= 0.3 is 0 Å². The molecule has 2 aromatic heterocycles. The molecule has 0 atom stereocenters. The number of hydrogen-bond donors (Lipinski definition) is 0. The number of thiophene rings is 1. The van der Waals surface area contributed by atoms with Gasteiger partial charge in [-0.15, -0.1) is 11.3 Å². The van der Waals surface area contributed by atoms with E-state index in [2.05, 4.69) is 9.97 Å². The minimum absolute atomic E-state index is 0.202. The highest BCUT2D eigenvalue weighted by Gasteiger charge is 2.19. The Morgan fingerprint density at radius 3 is 2.79 bits per heavy atom. The van der Waals surface area contributed by atoms with Gasteiger partial charge in [-0.05, 0) is 24.3 Å². The van der Waals surface area contributed by atoms with Gasteiger partial charge < -0.3 is 14.4 Å². The lowest BCUT2D eigenvalue weighted by atomic mass is 10.1. The van der Waals surface area contributed by atoms with Crippen molar-refractivity contribution in [3.63, 3.8) is 0 Å². The van der Waals surface area contributed by atoms with Crippen LogP contribution in [0.15, 0.2) is 48.8 Å². The monoisotopic (exact) mass is 397 g/mol. The average molecular weight is 397 g/mol. The Labute approximate surface area is 162 Å². The van der Waals surface area contributed by atoms with E-state index in [0.717, 1.165) is 16.5 Å². The normalized spacial score (nSPS) is 12.5. The molecule has 140 valence electrons. The first-order valence-corrected chi connectivity index (χ1v) is 9.26. The van der Waals surface area contributed by atoms with Crippen molar-refractivity contribution in [2.45, 2.75) is 0 Å². The summed E-state index contributed by atoms with van der Waals surface area (Å²) in [5.74, 6) is 0.289. The molecule has 5 rings (SSSR count). The first kappa shape index (κ1) is 16.9. The van der Waals surface area contributed by atoms with E-state index in [9.17, 15) is 8.78 Å². The molecule has 0 saturated carbocycles. The molecule has 8 heteroatoms. The summed E-state index contributed by atoms with van der Waals surface area (Å²) in [5.41, 5.74) is 1.73. The van der Waals surface area contributed by atoms with Crippen LogP contribution in [0.1, 0.15) is 0 Å². The third kappa shape index (κ3) is 2.65. The Bertz CT molecular complexity index is 1210. The molecular formula is C20H13F2N3O2S. The molecule has 5 nitrogen and oxygen atoms in total. The highest BCUT2D eigenvalue weighted by atomic mass is 32.1. The SMILES string of the molecule is CN(c1ccc2c(c1)OCO2)c1ncnc2cc(-c3cccc(F)c3F)sc12. The molecule has 0 unspecified atom stereocenters. The zero-order valence-corrected chi connectivity index (χ0v) is 15.5. The standard InChI is InChI=1S/C20H13F2N3O2S/c1-25(11-5-6-15-16(7-11)27-10-26-15)20-19-14(23-9-24-20)8-17(28-19)12-3-2-4-13(21)18(12)22/h2-9H,10H2,1H3. The largest absolute Gasteiger partial charge is 0.454 e. The molecular weight excluding hydrogens is 384 g/mol. The zero-order valence-electron chi connectivity index (χ0n) is 14.6. The van der Waals surface area contributed by atoms with Gasteiger partial charge in [0.15, 0.2) is 29.0 Å². The van der Waals surface area contributed by atoms with E-state index < -0.39 is 11.6 Å². The van der Waals surface area contributed by atoms with Crippen molar-refractivity contribution < 1.29 is 18.3 Å². The maximum atomic E-state index is 14.2. The highest BCUT2D eigenvalue weighted by molar-refractivity contribution is 7.22. The topological polar surface area (TPSA) is 47.5 Å². The van der Waals surface area contributed by atoms with Crippen LogP contribution < -0.4 is 14.4 Å². The molecule has 0 fully saturated rings. The maximum Gasteiger partial charge on any atom is 0.231 e. The molecule has 1 aliphatic rings. The molecule has 1 aliphatic heterocycles. The summed E-state index contributed by atoms with van der Waals surface area (Å²) in [6, 6.07) is 11.5. The van der Waals surface area contributed by atoms with Crippen LogP contribution in [-0.2, 0) is 0 Å². The van der Waals surface area contributed by atoms with Crippen molar-refractivity contribution in [1.29, 1.82) is 0 Å². The van der Waals surface area contributed by atoms with Crippen LogP contribution in [0.4, 0.5) is 20.3 Å². The quantitative estimate of drug-likeness (QED) is 0.479. The van der Waals surface area contributed by atoms with Gasteiger partial charge in [0.2, 0.25) is 6.79 Å². The summed E-state index contributed by atoms with van der Waals surface area (Å²) in [4.78, 5) is 11.2. The fraction of sp³-hybridized carbons (Fsp3) is 0.100. The lowest BCUT2D eigenvalue weighted by Gasteiger charge is -2.19. The molecule has 0 spiro atoms. The molecule has 0 saturated heterocycles. The second kappa shape index (κ2) is 6.42. The minimum atomic E-state index is -0.876. The van der Waals surface area contributed by atoms with E-state index in [0.29, 0.717) is 27.7 Å². The maximum absolute atomic E-state index is 14.2. The molecule has 0 amide bonds. The van der Waals surface area contributed by atoms with Gasteiger partial charge in [0.1, 0.15) is 6.33 Å². The summed E-state index contributed by atoms with van der Waals surface area (Å²) in [5, 5.41) is 0. The smallest absolute Gasteiger partial charge is 0.231 e. The Morgan fingerprint density at radius 1 is 1.04 bits per heavy atom. The molecule has 0 bridgehead atoms. The number of fused-ring (bicyclic) bond motifs is 2. The van der Waals surface area contributed by atoms with Crippen molar-refractivity contribution in [3.8, 4) is 21.9 Å². The van der Waals surface area contributed by atoms with Crippen LogP contribution in [0.2, 0.25) is 0 Å². The van der Waals surface area contributed by atoms with Crippen molar-refractivity contribution in [3.05, 3.63) is 60.4 Å². The summed E-state index contributed by atoms with van der Waals surface area (Å²) >= 11 is 1.32. The number of anilines is 2. The Kier molecular flexibility index (Phi) is 3.87. The predicted molar refractivity (Wildman–Crippen MR) is 103 cm³/mol. The number of benzene rings is 2. The first-order valence-electron chi connectivity index (χ1n) is 8.44. The number of aromatic nitrogens is 2. The summed E-state index contributed by atoms with van der Waals surface area (Å²) < 4.78 is 39.4. The lowest BCUT2D eigenvalue weighted by Crippen LogP contribution is -2.11. The van der Waals surface area contributed by atoms with Gasteiger partial charge in [0, 0.05) is 29.2 Å². The molecule has 0 aliphatic carbocycles. The van der Waals surface area contributed by atoms with Gasteiger partial charge in [-0.3, -0.25) is 0 Å². The third-order valence-electron chi connectivity index (χ3n) is 4.57. The van der Waals surface area contributed by atoms with Crippen LogP contribution >= 0.6 is 11.3 Å². The van der Waals surface area contributed by atoms with Crippen LogP contribution in [0.25, 0.3) is 20.7 Å². The second-order valence-electron chi connectivity index (χ2n) is 6.22. The van der Waals surface area contributed by atoms with Crippen LogP contribution in [-0.4, -0.2) is 23.8 Å². The molecule has 0 N–H and O–H groups in total. The number of rotatable bonds is 3. The summed E-state index contributed by atoms with van der Waals surface area (Å²) in [7, 11) is 1.88. The number of hydrogen-bond acceptors (Lipinski definition) is 6. The number of ether oxygens (including phenoxy) is 2. The van der Waals surface area contributed by atoms with E-state index >= 15 is 0 Å². The van der Waals surface area contributed by atoms with Gasteiger partial charge in [0.25, 0.3) is 0 Å². The summed E-state index contributed by atoms with van der Waals surface area (Å²) in [6.07, 6.45) is 1.46. The van der Waals surface area contributed by atoms with Crippen molar-refractivity contribution in [2.75, 3.05) is 18.7 Å².